The molecule has 0 bridgehead atoms. The third kappa shape index (κ3) is 3.98. The number of hydrogen-bond donors (Lipinski definition) is 2. The molecule has 0 saturated heterocycles. The number of rotatable bonds is 6. The summed E-state index contributed by atoms with van der Waals surface area (Å²) >= 11 is 0. The first-order valence-electron chi connectivity index (χ1n) is 5.26. The lowest BCUT2D eigenvalue weighted by atomic mass is 10.1. The van der Waals surface area contributed by atoms with Crippen LogP contribution in [0.2, 0.25) is 0 Å². The van der Waals surface area contributed by atoms with Crippen LogP contribution < -0.4 is 5.32 Å². The van der Waals surface area contributed by atoms with Gasteiger partial charge < -0.3 is 9.63 Å². The van der Waals surface area contributed by atoms with Crippen molar-refractivity contribution in [1.29, 1.82) is 0 Å². The van der Waals surface area contributed by atoms with Crippen molar-refractivity contribution in [3.8, 4) is 0 Å². The summed E-state index contributed by atoms with van der Waals surface area (Å²) in [4.78, 5) is 14.7. The van der Waals surface area contributed by atoms with Crippen molar-refractivity contribution in [2.45, 2.75) is 39.8 Å². The van der Waals surface area contributed by atoms with Gasteiger partial charge in [-0.2, -0.15) is 4.98 Å². The Bertz CT molecular complexity index is 349. The first-order valence-corrected chi connectivity index (χ1v) is 5.26. The first-order chi connectivity index (χ1) is 7.49. The van der Waals surface area contributed by atoms with E-state index in [9.17, 15) is 4.79 Å². The van der Waals surface area contributed by atoms with Gasteiger partial charge in [-0.3, -0.25) is 10.1 Å². The summed E-state index contributed by atoms with van der Waals surface area (Å²) in [7, 11) is 0. The second kappa shape index (κ2) is 5.60. The molecule has 0 aromatic carbocycles. The second-order valence-corrected chi connectivity index (χ2v) is 4.14. The van der Waals surface area contributed by atoms with E-state index in [4.69, 9.17) is 9.63 Å². The third-order valence-electron chi connectivity index (χ3n) is 2.03. The fourth-order valence-electron chi connectivity index (χ4n) is 1.13. The van der Waals surface area contributed by atoms with Crippen LogP contribution in [0.4, 0.5) is 0 Å². The van der Waals surface area contributed by atoms with Gasteiger partial charge in [-0.05, 0) is 12.8 Å². The smallest absolute Gasteiger partial charge is 0.320 e. The van der Waals surface area contributed by atoms with Crippen molar-refractivity contribution in [2.24, 2.45) is 5.92 Å². The SMILES string of the molecule is CC(C)Cc1nc(CN[C@@H](C)C(=O)O)no1. The van der Waals surface area contributed by atoms with E-state index in [-0.39, 0.29) is 0 Å². The van der Waals surface area contributed by atoms with Crippen molar-refractivity contribution in [3.05, 3.63) is 11.7 Å². The summed E-state index contributed by atoms with van der Waals surface area (Å²) in [6, 6.07) is -0.618. The zero-order chi connectivity index (χ0) is 12.1. The van der Waals surface area contributed by atoms with Gasteiger partial charge in [0.05, 0.1) is 6.54 Å². The summed E-state index contributed by atoms with van der Waals surface area (Å²) in [5.74, 6) is 0.642. The maximum Gasteiger partial charge on any atom is 0.320 e. The van der Waals surface area contributed by atoms with E-state index in [0.717, 1.165) is 6.42 Å². The predicted molar refractivity (Wildman–Crippen MR) is 56.8 cm³/mol. The molecule has 1 aromatic rings. The molecular weight excluding hydrogens is 210 g/mol. The molecule has 0 radical (unpaired) electrons. The number of nitrogens with zero attached hydrogens (tertiary/aromatic N) is 2. The summed E-state index contributed by atoms with van der Waals surface area (Å²) in [6.45, 7) is 6.00. The number of carboxylic acid groups (broad SMARTS) is 1. The van der Waals surface area contributed by atoms with Crippen molar-refractivity contribution >= 4 is 5.97 Å². The Labute approximate surface area is 94.0 Å². The average Bonchev–Trinajstić information content (AvgIpc) is 2.60. The Balaban J connectivity index is 2.43. The fourth-order valence-corrected chi connectivity index (χ4v) is 1.13. The normalized spacial score (nSPS) is 13.0. The van der Waals surface area contributed by atoms with Crippen molar-refractivity contribution < 1.29 is 14.4 Å². The zero-order valence-electron chi connectivity index (χ0n) is 9.73. The molecule has 1 atom stereocenters. The molecular formula is C10H17N3O3. The number of hydrogen-bond acceptors (Lipinski definition) is 5. The van der Waals surface area contributed by atoms with E-state index >= 15 is 0 Å². The van der Waals surface area contributed by atoms with Gasteiger partial charge in [0.15, 0.2) is 5.82 Å². The molecule has 0 saturated carbocycles. The molecule has 1 heterocycles. The van der Waals surface area contributed by atoms with Crippen LogP contribution in [0.1, 0.15) is 32.5 Å². The van der Waals surface area contributed by atoms with E-state index in [1.807, 2.05) is 0 Å². The molecule has 6 nitrogen and oxygen atoms in total. The van der Waals surface area contributed by atoms with Gasteiger partial charge in [0.25, 0.3) is 0 Å². The van der Waals surface area contributed by atoms with E-state index in [1.165, 1.54) is 0 Å². The highest BCUT2D eigenvalue weighted by atomic mass is 16.5. The second-order valence-electron chi connectivity index (χ2n) is 4.14. The maximum atomic E-state index is 10.5. The molecule has 1 rings (SSSR count). The van der Waals surface area contributed by atoms with E-state index in [0.29, 0.717) is 24.2 Å². The van der Waals surface area contributed by atoms with Crippen LogP contribution in [0.25, 0.3) is 0 Å². The molecule has 0 aliphatic heterocycles. The number of aromatic nitrogens is 2. The van der Waals surface area contributed by atoms with Gasteiger partial charge in [0, 0.05) is 6.42 Å². The van der Waals surface area contributed by atoms with Crippen LogP contribution in [0, 0.1) is 5.92 Å². The Kier molecular flexibility index (Phi) is 4.42. The Morgan fingerprint density at radius 3 is 2.75 bits per heavy atom. The monoisotopic (exact) mass is 227 g/mol. The zero-order valence-corrected chi connectivity index (χ0v) is 9.73. The highest BCUT2D eigenvalue weighted by Crippen LogP contribution is 2.05. The van der Waals surface area contributed by atoms with Crippen LogP contribution in [-0.2, 0) is 17.8 Å². The molecule has 2 N–H and O–H groups in total. The van der Waals surface area contributed by atoms with Gasteiger partial charge in [0.2, 0.25) is 5.89 Å². The minimum atomic E-state index is -0.897. The van der Waals surface area contributed by atoms with Crippen LogP contribution >= 0.6 is 0 Å². The lowest BCUT2D eigenvalue weighted by Gasteiger charge is -2.05. The molecule has 0 amide bonds. The molecule has 1 aromatic heterocycles. The van der Waals surface area contributed by atoms with Crippen molar-refractivity contribution in [2.75, 3.05) is 0 Å². The summed E-state index contributed by atoms with van der Waals surface area (Å²) < 4.78 is 5.02. The number of nitrogens with one attached hydrogen (secondary N) is 1. The van der Waals surface area contributed by atoms with Gasteiger partial charge in [0.1, 0.15) is 6.04 Å². The lowest BCUT2D eigenvalue weighted by Crippen LogP contribution is -2.33. The van der Waals surface area contributed by atoms with E-state index < -0.39 is 12.0 Å². The van der Waals surface area contributed by atoms with Gasteiger partial charge in [-0.25, -0.2) is 0 Å². The van der Waals surface area contributed by atoms with Crippen molar-refractivity contribution in [1.82, 2.24) is 15.5 Å². The Morgan fingerprint density at radius 2 is 2.19 bits per heavy atom. The largest absolute Gasteiger partial charge is 0.480 e. The quantitative estimate of drug-likeness (QED) is 0.748. The van der Waals surface area contributed by atoms with E-state index in [2.05, 4.69) is 29.3 Å². The number of carboxylic acids is 1. The number of carbonyl (C=O) groups is 1. The topological polar surface area (TPSA) is 88.2 Å². The molecule has 0 fully saturated rings. The van der Waals surface area contributed by atoms with Gasteiger partial charge >= 0.3 is 5.97 Å². The highest BCUT2D eigenvalue weighted by Gasteiger charge is 2.12. The Morgan fingerprint density at radius 1 is 1.50 bits per heavy atom. The summed E-state index contributed by atoms with van der Waals surface area (Å²) in [6.07, 6.45) is 0.738. The van der Waals surface area contributed by atoms with Crippen molar-refractivity contribution in [3.63, 3.8) is 0 Å². The fraction of sp³-hybridized carbons (Fsp3) is 0.700. The molecule has 90 valence electrons. The van der Waals surface area contributed by atoms with Crippen LogP contribution in [0.15, 0.2) is 4.52 Å². The molecule has 0 aliphatic rings. The summed E-state index contributed by atoms with van der Waals surface area (Å²) in [5, 5.41) is 15.2. The third-order valence-corrected chi connectivity index (χ3v) is 2.03. The van der Waals surface area contributed by atoms with Crippen LogP contribution in [-0.4, -0.2) is 27.3 Å². The minimum Gasteiger partial charge on any atom is -0.480 e. The van der Waals surface area contributed by atoms with Gasteiger partial charge in [-0.15, -0.1) is 0 Å². The Hall–Kier alpha value is -1.43. The lowest BCUT2D eigenvalue weighted by molar-refractivity contribution is -0.139. The minimum absolute atomic E-state index is 0.301. The average molecular weight is 227 g/mol. The highest BCUT2D eigenvalue weighted by molar-refractivity contribution is 5.72. The van der Waals surface area contributed by atoms with Crippen LogP contribution in [0.3, 0.4) is 0 Å². The molecule has 0 unspecified atom stereocenters. The predicted octanol–water partition coefficient (Wildman–Crippen LogP) is 0.831. The van der Waals surface area contributed by atoms with Gasteiger partial charge in [-0.1, -0.05) is 19.0 Å². The maximum absolute atomic E-state index is 10.5. The molecule has 6 heteroatoms. The molecule has 0 spiro atoms. The number of aliphatic carboxylic acids is 1. The summed E-state index contributed by atoms with van der Waals surface area (Å²) in [5.41, 5.74) is 0. The van der Waals surface area contributed by atoms with E-state index in [1.54, 1.807) is 6.92 Å². The molecule has 0 aliphatic carbocycles. The standard InChI is InChI=1S/C10H17N3O3/c1-6(2)4-9-12-8(13-16-9)5-11-7(3)10(14)15/h6-7,11H,4-5H2,1-3H3,(H,14,15)/t7-/m0/s1. The first kappa shape index (κ1) is 12.6. The molecule has 16 heavy (non-hydrogen) atoms. The van der Waals surface area contributed by atoms with Crippen LogP contribution in [0.5, 0.6) is 0 Å².